The number of hydrogen-bond donors (Lipinski definition) is 2. The zero-order valence-corrected chi connectivity index (χ0v) is 12.5. The van der Waals surface area contributed by atoms with Crippen molar-refractivity contribution in [2.24, 2.45) is 17.4 Å². The average Bonchev–Trinajstić information content (AvgIpc) is 2.26. The highest BCUT2D eigenvalue weighted by Crippen LogP contribution is 2.26. The number of carbonyl (C=O) groups excluding carboxylic acids is 1. The molecule has 0 heterocycles. The lowest BCUT2D eigenvalue weighted by Gasteiger charge is -2.29. The molecule has 104 valence electrons. The van der Waals surface area contributed by atoms with E-state index in [0.717, 1.165) is 23.4 Å². The third-order valence-corrected chi connectivity index (χ3v) is 2.97. The van der Waals surface area contributed by atoms with Gasteiger partial charge in [0, 0.05) is 12.1 Å². The summed E-state index contributed by atoms with van der Waals surface area (Å²) in [6.07, 6.45) is 0. The standard InChI is InChI=1S/C14H21N3OS/c1-9(2)7-17(8-12(15)18)13-10(3)5-4-6-11(13)14(16)19/h4-6,9H,7-8H2,1-3H3,(H2,15,18)(H2,16,19). The summed E-state index contributed by atoms with van der Waals surface area (Å²) in [5.74, 6) is 0.0379. The number of primary amides is 1. The van der Waals surface area contributed by atoms with Crippen LogP contribution in [0, 0.1) is 12.8 Å². The SMILES string of the molecule is Cc1cccc(C(N)=S)c1N(CC(N)=O)CC(C)C. The summed E-state index contributed by atoms with van der Waals surface area (Å²) in [6, 6.07) is 5.76. The Morgan fingerprint density at radius 2 is 2.00 bits per heavy atom. The molecule has 0 spiro atoms. The van der Waals surface area contributed by atoms with Crippen LogP contribution in [0.4, 0.5) is 5.69 Å². The molecule has 0 fully saturated rings. The lowest BCUT2D eigenvalue weighted by molar-refractivity contribution is -0.116. The maximum absolute atomic E-state index is 11.3. The van der Waals surface area contributed by atoms with Gasteiger partial charge in [-0.2, -0.15) is 0 Å². The smallest absolute Gasteiger partial charge is 0.236 e. The number of benzene rings is 1. The predicted octanol–water partition coefficient (Wildman–Crippen LogP) is 1.58. The normalized spacial score (nSPS) is 10.5. The van der Waals surface area contributed by atoms with Gasteiger partial charge in [0.1, 0.15) is 4.99 Å². The summed E-state index contributed by atoms with van der Waals surface area (Å²) < 4.78 is 0. The highest BCUT2D eigenvalue weighted by atomic mass is 32.1. The van der Waals surface area contributed by atoms with Crippen molar-refractivity contribution in [2.75, 3.05) is 18.0 Å². The molecule has 4 nitrogen and oxygen atoms in total. The molecule has 0 radical (unpaired) electrons. The summed E-state index contributed by atoms with van der Waals surface area (Å²) >= 11 is 5.09. The number of hydrogen-bond acceptors (Lipinski definition) is 3. The second kappa shape index (κ2) is 6.52. The van der Waals surface area contributed by atoms with Crippen molar-refractivity contribution in [3.63, 3.8) is 0 Å². The molecule has 0 aliphatic carbocycles. The molecule has 1 amide bonds. The molecule has 0 bridgehead atoms. The van der Waals surface area contributed by atoms with Gasteiger partial charge in [0.25, 0.3) is 0 Å². The first-order chi connectivity index (χ1) is 8.82. The summed E-state index contributed by atoms with van der Waals surface area (Å²) in [5.41, 5.74) is 13.8. The fraction of sp³-hybridized carbons (Fsp3) is 0.429. The van der Waals surface area contributed by atoms with Crippen LogP contribution in [0.2, 0.25) is 0 Å². The fourth-order valence-corrected chi connectivity index (χ4v) is 2.31. The third kappa shape index (κ3) is 4.21. The van der Waals surface area contributed by atoms with E-state index in [4.69, 9.17) is 23.7 Å². The van der Waals surface area contributed by atoms with Crippen LogP contribution in [0.25, 0.3) is 0 Å². The van der Waals surface area contributed by atoms with E-state index in [2.05, 4.69) is 13.8 Å². The van der Waals surface area contributed by atoms with Crippen molar-refractivity contribution < 1.29 is 4.79 Å². The van der Waals surface area contributed by atoms with Crippen molar-refractivity contribution in [3.8, 4) is 0 Å². The van der Waals surface area contributed by atoms with Gasteiger partial charge in [0.2, 0.25) is 5.91 Å². The largest absolute Gasteiger partial charge is 0.389 e. The van der Waals surface area contributed by atoms with Crippen molar-refractivity contribution in [2.45, 2.75) is 20.8 Å². The minimum absolute atomic E-state index is 0.165. The number of carbonyl (C=O) groups is 1. The molecule has 0 saturated heterocycles. The molecule has 1 rings (SSSR count). The molecule has 0 aromatic heterocycles. The van der Waals surface area contributed by atoms with Crippen LogP contribution in [0.5, 0.6) is 0 Å². The van der Waals surface area contributed by atoms with Crippen molar-refractivity contribution >= 4 is 28.8 Å². The zero-order chi connectivity index (χ0) is 14.6. The van der Waals surface area contributed by atoms with Crippen molar-refractivity contribution in [1.29, 1.82) is 0 Å². The van der Waals surface area contributed by atoms with Gasteiger partial charge in [-0.15, -0.1) is 0 Å². The predicted molar refractivity (Wildman–Crippen MR) is 83.3 cm³/mol. The molecule has 4 N–H and O–H groups in total. The highest BCUT2D eigenvalue weighted by molar-refractivity contribution is 7.80. The number of rotatable bonds is 6. The number of nitrogens with two attached hydrogens (primary N) is 2. The van der Waals surface area contributed by atoms with Crippen molar-refractivity contribution in [3.05, 3.63) is 29.3 Å². The van der Waals surface area contributed by atoms with Crippen LogP contribution in [-0.2, 0) is 4.79 Å². The quantitative estimate of drug-likeness (QED) is 0.775. The molecule has 1 aromatic rings. The molecule has 0 saturated carbocycles. The molecule has 1 aromatic carbocycles. The minimum atomic E-state index is -0.363. The fourth-order valence-electron chi connectivity index (χ4n) is 2.14. The Labute approximate surface area is 119 Å². The van der Waals surface area contributed by atoms with Crippen LogP contribution in [0.15, 0.2) is 18.2 Å². The first kappa shape index (κ1) is 15.4. The van der Waals surface area contributed by atoms with E-state index >= 15 is 0 Å². The van der Waals surface area contributed by atoms with Gasteiger partial charge in [-0.3, -0.25) is 4.79 Å². The van der Waals surface area contributed by atoms with E-state index in [1.807, 2.05) is 30.0 Å². The van der Waals surface area contributed by atoms with E-state index < -0.39 is 0 Å². The summed E-state index contributed by atoms with van der Waals surface area (Å²) in [6.45, 7) is 7.05. The first-order valence-electron chi connectivity index (χ1n) is 6.25. The number of thiocarbonyl (C=S) groups is 1. The topological polar surface area (TPSA) is 72.3 Å². The monoisotopic (exact) mass is 279 g/mol. The minimum Gasteiger partial charge on any atom is -0.389 e. The molecule has 0 aliphatic rings. The maximum atomic E-state index is 11.3. The highest BCUT2D eigenvalue weighted by Gasteiger charge is 2.18. The molecule has 5 heteroatoms. The van der Waals surface area contributed by atoms with Gasteiger partial charge in [0.05, 0.1) is 12.2 Å². The Morgan fingerprint density at radius 1 is 1.37 bits per heavy atom. The first-order valence-corrected chi connectivity index (χ1v) is 6.66. The van der Waals surface area contributed by atoms with Crippen LogP contribution in [0.1, 0.15) is 25.0 Å². The lowest BCUT2D eigenvalue weighted by atomic mass is 10.0. The number of nitrogens with zero attached hydrogens (tertiary/aromatic N) is 1. The Balaban J connectivity index is 3.27. The van der Waals surface area contributed by atoms with Crippen LogP contribution < -0.4 is 16.4 Å². The van der Waals surface area contributed by atoms with E-state index in [1.165, 1.54) is 0 Å². The van der Waals surface area contributed by atoms with Gasteiger partial charge < -0.3 is 16.4 Å². The van der Waals surface area contributed by atoms with Crippen LogP contribution >= 0.6 is 12.2 Å². The maximum Gasteiger partial charge on any atom is 0.236 e. The second-order valence-corrected chi connectivity index (χ2v) is 5.52. The molecule has 19 heavy (non-hydrogen) atoms. The average molecular weight is 279 g/mol. The summed E-state index contributed by atoms with van der Waals surface area (Å²) in [5, 5.41) is 0. The Hall–Kier alpha value is -1.62. The van der Waals surface area contributed by atoms with Gasteiger partial charge in [0.15, 0.2) is 0 Å². The summed E-state index contributed by atoms with van der Waals surface area (Å²) in [7, 11) is 0. The van der Waals surface area contributed by atoms with Gasteiger partial charge in [-0.05, 0) is 24.5 Å². The Kier molecular flexibility index (Phi) is 5.30. The second-order valence-electron chi connectivity index (χ2n) is 5.08. The molecular formula is C14H21N3OS. The Bertz CT molecular complexity index is 486. The molecule has 0 aliphatic heterocycles. The van der Waals surface area contributed by atoms with E-state index in [0.29, 0.717) is 10.9 Å². The van der Waals surface area contributed by atoms with Crippen molar-refractivity contribution in [1.82, 2.24) is 0 Å². The van der Waals surface area contributed by atoms with Gasteiger partial charge in [-0.1, -0.05) is 38.2 Å². The van der Waals surface area contributed by atoms with Crippen LogP contribution in [-0.4, -0.2) is 24.0 Å². The molecular weight excluding hydrogens is 258 g/mol. The molecule has 0 atom stereocenters. The Morgan fingerprint density at radius 3 is 2.47 bits per heavy atom. The van der Waals surface area contributed by atoms with E-state index in [9.17, 15) is 4.79 Å². The van der Waals surface area contributed by atoms with E-state index in [1.54, 1.807) is 0 Å². The molecule has 0 unspecified atom stereocenters. The zero-order valence-electron chi connectivity index (χ0n) is 11.6. The van der Waals surface area contributed by atoms with E-state index in [-0.39, 0.29) is 12.5 Å². The number of anilines is 1. The van der Waals surface area contributed by atoms with Gasteiger partial charge in [-0.25, -0.2) is 0 Å². The third-order valence-electron chi connectivity index (χ3n) is 2.75. The number of amides is 1. The summed E-state index contributed by atoms with van der Waals surface area (Å²) in [4.78, 5) is 13.6. The van der Waals surface area contributed by atoms with Gasteiger partial charge >= 0.3 is 0 Å². The lowest BCUT2D eigenvalue weighted by Crippen LogP contribution is -2.38. The van der Waals surface area contributed by atoms with Crippen LogP contribution in [0.3, 0.4) is 0 Å². The number of aryl methyl sites for hydroxylation is 1. The number of para-hydroxylation sites is 1.